The quantitative estimate of drug-likeness (QED) is 0.740. The molecule has 2 aromatic rings. The molecule has 0 saturated heterocycles. The van der Waals surface area contributed by atoms with Crippen molar-refractivity contribution in [3.05, 3.63) is 35.1 Å². The van der Waals surface area contributed by atoms with E-state index in [-0.39, 0.29) is 0 Å². The van der Waals surface area contributed by atoms with Crippen LogP contribution in [0.25, 0.3) is 11.0 Å². The number of nitrogens with one attached hydrogen (secondary N) is 1. The standard InChI is InChI=1S/C18H27NO/c1-5-9-19-12-18-15(10-13(3)4)16-11-14(6-2)7-8-17(16)20-18/h7-8,11,13,19H,5-6,9-10,12H2,1-4H3. The van der Waals surface area contributed by atoms with E-state index < -0.39 is 0 Å². The molecule has 0 bridgehead atoms. The van der Waals surface area contributed by atoms with E-state index in [4.69, 9.17) is 4.42 Å². The fourth-order valence-electron chi connectivity index (χ4n) is 2.62. The molecule has 20 heavy (non-hydrogen) atoms. The number of aryl methyl sites for hydroxylation is 1. The molecule has 2 nitrogen and oxygen atoms in total. The zero-order valence-corrected chi connectivity index (χ0v) is 13.3. The third-order valence-electron chi connectivity index (χ3n) is 3.67. The number of hydrogen-bond acceptors (Lipinski definition) is 2. The first-order valence-electron chi connectivity index (χ1n) is 7.89. The highest BCUT2D eigenvalue weighted by Crippen LogP contribution is 2.29. The summed E-state index contributed by atoms with van der Waals surface area (Å²) in [5.41, 5.74) is 3.82. The third-order valence-corrected chi connectivity index (χ3v) is 3.67. The van der Waals surface area contributed by atoms with Crippen molar-refractivity contribution >= 4 is 11.0 Å². The lowest BCUT2D eigenvalue weighted by Crippen LogP contribution is -2.14. The summed E-state index contributed by atoms with van der Waals surface area (Å²) in [5.74, 6) is 1.77. The van der Waals surface area contributed by atoms with Crippen LogP contribution in [-0.2, 0) is 19.4 Å². The fourth-order valence-corrected chi connectivity index (χ4v) is 2.62. The predicted molar refractivity (Wildman–Crippen MR) is 86.1 cm³/mol. The maximum absolute atomic E-state index is 6.08. The fraction of sp³-hybridized carbons (Fsp3) is 0.556. The summed E-state index contributed by atoms with van der Waals surface area (Å²) in [7, 11) is 0. The third kappa shape index (κ3) is 3.43. The Morgan fingerprint density at radius 2 is 2.00 bits per heavy atom. The van der Waals surface area contributed by atoms with Crippen molar-refractivity contribution in [2.45, 2.75) is 53.5 Å². The molecule has 0 unspecified atom stereocenters. The summed E-state index contributed by atoms with van der Waals surface area (Å²) in [6.45, 7) is 10.8. The second kappa shape index (κ2) is 6.94. The van der Waals surface area contributed by atoms with Crippen LogP contribution in [0.1, 0.15) is 51.0 Å². The van der Waals surface area contributed by atoms with Crippen molar-refractivity contribution < 1.29 is 4.42 Å². The Kier molecular flexibility index (Phi) is 5.24. The van der Waals surface area contributed by atoms with Gasteiger partial charge < -0.3 is 9.73 Å². The van der Waals surface area contributed by atoms with Crippen LogP contribution in [0.15, 0.2) is 22.6 Å². The van der Waals surface area contributed by atoms with Gasteiger partial charge in [0.2, 0.25) is 0 Å². The molecule has 2 heteroatoms. The molecule has 0 fully saturated rings. The van der Waals surface area contributed by atoms with E-state index in [1.54, 1.807) is 0 Å². The van der Waals surface area contributed by atoms with Gasteiger partial charge >= 0.3 is 0 Å². The van der Waals surface area contributed by atoms with Crippen LogP contribution in [0.4, 0.5) is 0 Å². The van der Waals surface area contributed by atoms with Crippen molar-refractivity contribution in [2.75, 3.05) is 6.54 Å². The van der Waals surface area contributed by atoms with Crippen LogP contribution in [0.2, 0.25) is 0 Å². The summed E-state index contributed by atoms with van der Waals surface area (Å²) in [6.07, 6.45) is 3.31. The Labute approximate surface area is 122 Å². The lowest BCUT2D eigenvalue weighted by atomic mass is 9.98. The van der Waals surface area contributed by atoms with Crippen LogP contribution >= 0.6 is 0 Å². The van der Waals surface area contributed by atoms with Crippen LogP contribution < -0.4 is 5.32 Å². The summed E-state index contributed by atoms with van der Waals surface area (Å²) in [5, 5.41) is 4.77. The number of fused-ring (bicyclic) bond motifs is 1. The van der Waals surface area contributed by atoms with E-state index in [9.17, 15) is 0 Å². The molecular formula is C18H27NO. The molecule has 1 aromatic heterocycles. The van der Waals surface area contributed by atoms with Crippen molar-refractivity contribution in [1.82, 2.24) is 5.32 Å². The first kappa shape index (κ1) is 15.1. The topological polar surface area (TPSA) is 25.2 Å². The molecule has 1 heterocycles. The van der Waals surface area contributed by atoms with Crippen molar-refractivity contribution in [1.29, 1.82) is 0 Å². The first-order chi connectivity index (χ1) is 9.65. The normalized spacial score (nSPS) is 11.7. The van der Waals surface area contributed by atoms with Gasteiger partial charge in [-0.25, -0.2) is 0 Å². The minimum absolute atomic E-state index is 0.644. The smallest absolute Gasteiger partial charge is 0.134 e. The first-order valence-corrected chi connectivity index (χ1v) is 7.89. The predicted octanol–water partition coefficient (Wildman–Crippen LogP) is 4.69. The van der Waals surface area contributed by atoms with E-state index in [0.29, 0.717) is 5.92 Å². The van der Waals surface area contributed by atoms with Gasteiger partial charge in [0.15, 0.2) is 0 Å². The SMILES string of the molecule is CCCNCc1oc2ccc(CC)cc2c1CC(C)C. The van der Waals surface area contributed by atoms with Crippen molar-refractivity contribution in [2.24, 2.45) is 5.92 Å². The maximum atomic E-state index is 6.08. The van der Waals surface area contributed by atoms with E-state index >= 15 is 0 Å². The molecule has 0 amide bonds. The van der Waals surface area contributed by atoms with E-state index in [1.165, 1.54) is 16.5 Å². The second-order valence-electron chi connectivity index (χ2n) is 5.96. The average Bonchev–Trinajstić information content (AvgIpc) is 2.76. The Balaban J connectivity index is 2.38. The minimum Gasteiger partial charge on any atom is -0.459 e. The average molecular weight is 273 g/mol. The highest BCUT2D eigenvalue weighted by atomic mass is 16.3. The monoisotopic (exact) mass is 273 g/mol. The molecule has 0 aliphatic heterocycles. The van der Waals surface area contributed by atoms with E-state index in [2.05, 4.69) is 51.2 Å². The highest BCUT2D eigenvalue weighted by Gasteiger charge is 2.15. The number of benzene rings is 1. The number of hydrogen-bond donors (Lipinski definition) is 1. The molecule has 0 saturated carbocycles. The number of rotatable bonds is 7. The van der Waals surface area contributed by atoms with Crippen molar-refractivity contribution in [3.63, 3.8) is 0 Å². The Morgan fingerprint density at radius 3 is 2.65 bits per heavy atom. The van der Waals surface area contributed by atoms with Gasteiger partial charge in [0.25, 0.3) is 0 Å². The summed E-state index contributed by atoms with van der Waals surface area (Å²) in [4.78, 5) is 0. The van der Waals surface area contributed by atoms with Gasteiger partial charge in [0.05, 0.1) is 6.54 Å². The maximum Gasteiger partial charge on any atom is 0.134 e. The molecule has 1 aromatic carbocycles. The molecule has 2 rings (SSSR count). The minimum atomic E-state index is 0.644. The molecule has 0 aliphatic rings. The molecule has 1 N–H and O–H groups in total. The molecule has 0 radical (unpaired) electrons. The van der Waals surface area contributed by atoms with Gasteiger partial charge in [0.1, 0.15) is 11.3 Å². The van der Waals surface area contributed by atoms with Gasteiger partial charge in [0, 0.05) is 10.9 Å². The van der Waals surface area contributed by atoms with Gasteiger partial charge in [-0.05, 0) is 49.4 Å². The highest BCUT2D eigenvalue weighted by molar-refractivity contribution is 5.83. The Hall–Kier alpha value is -1.28. The zero-order valence-electron chi connectivity index (χ0n) is 13.3. The van der Waals surface area contributed by atoms with Crippen LogP contribution in [-0.4, -0.2) is 6.54 Å². The zero-order chi connectivity index (χ0) is 14.5. The second-order valence-corrected chi connectivity index (χ2v) is 5.96. The van der Waals surface area contributed by atoms with Crippen LogP contribution in [0.5, 0.6) is 0 Å². The van der Waals surface area contributed by atoms with Gasteiger partial charge in [-0.1, -0.05) is 33.8 Å². The largest absolute Gasteiger partial charge is 0.459 e. The molecule has 110 valence electrons. The number of furan rings is 1. The Morgan fingerprint density at radius 1 is 1.20 bits per heavy atom. The molecular weight excluding hydrogens is 246 g/mol. The lowest BCUT2D eigenvalue weighted by Gasteiger charge is -2.07. The molecule has 0 atom stereocenters. The van der Waals surface area contributed by atoms with Crippen LogP contribution in [0, 0.1) is 5.92 Å². The van der Waals surface area contributed by atoms with Crippen molar-refractivity contribution in [3.8, 4) is 0 Å². The Bertz CT molecular complexity index is 554. The lowest BCUT2D eigenvalue weighted by molar-refractivity contribution is 0.501. The molecule has 0 spiro atoms. The van der Waals surface area contributed by atoms with Gasteiger partial charge in [-0.3, -0.25) is 0 Å². The summed E-state index contributed by atoms with van der Waals surface area (Å²) < 4.78 is 6.08. The summed E-state index contributed by atoms with van der Waals surface area (Å²) >= 11 is 0. The van der Waals surface area contributed by atoms with Crippen LogP contribution in [0.3, 0.4) is 0 Å². The van der Waals surface area contributed by atoms with Gasteiger partial charge in [-0.15, -0.1) is 0 Å². The van der Waals surface area contributed by atoms with Gasteiger partial charge in [-0.2, -0.15) is 0 Å². The van der Waals surface area contributed by atoms with E-state index in [1.807, 2.05) is 0 Å². The molecule has 0 aliphatic carbocycles. The summed E-state index contributed by atoms with van der Waals surface area (Å²) in [6, 6.07) is 6.61. The van der Waals surface area contributed by atoms with E-state index in [0.717, 1.165) is 43.7 Å².